The Kier molecular flexibility index (Phi) is 6.49. The van der Waals surface area contributed by atoms with Crippen molar-refractivity contribution in [3.63, 3.8) is 0 Å². The molecular weight excluding hydrogens is 264 g/mol. The summed E-state index contributed by atoms with van der Waals surface area (Å²) in [5, 5.41) is 2.89. The summed E-state index contributed by atoms with van der Waals surface area (Å²) >= 11 is 0. The average molecular weight is 296 g/mol. The van der Waals surface area contributed by atoms with E-state index in [1.54, 1.807) is 5.56 Å². The standard InChI is InChI=1S/C22H32/c1-5-7-8-9-10-11-19(6-2)22-18(4)13-14-20-16-17(3)12-15-21(20)22/h12-16,19H,5-11H2,1-4H3. The normalized spacial score (nSPS) is 12.7. The van der Waals surface area contributed by atoms with Gasteiger partial charge in [0.2, 0.25) is 0 Å². The SMILES string of the molecule is CCCCCCCC(CC)c1c(C)ccc2cc(C)ccc12. The topological polar surface area (TPSA) is 0 Å². The fourth-order valence-corrected chi connectivity index (χ4v) is 3.67. The maximum Gasteiger partial charge on any atom is -0.0146 e. The monoisotopic (exact) mass is 296 g/mol. The van der Waals surface area contributed by atoms with E-state index in [2.05, 4.69) is 58.0 Å². The Morgan fingerprint density at radius 1 is 0.864 bits per heavy atom. The van der Waals surface area contributed by atoms with Gasteiger partial charge >= 0.3 is 0 Å². The Morgan fingerprint density at radius 3 is 2.36 bits per heavy atom. The fourth-order valence-electron chi connectivity index (χ4n) is 3.67. The first kappa shape index (κ1) is 17.1. The molecule has 0 aliphatic heterocycles. The molecule has 1 unspecified atom stereocenters. The largest absolute Gasteiger partial charge is 0.0654 e. The van der Waals surface area contributed by atoms with Crippen LogP contribution in [0.4, 0.5) is 0 Å². The van der Waals surface area contributed by atoms with Gasteiger partial charge in [0.25, 0.3) is 0 Å². The number of aryl methyl sites for hydroxylation is 2. The highest BCUT2D eigenvalue weighted by Gasteiger charge is 2.15. The summed E-state index contributed by atoms with van der Waals surface area (Å²) in [6.07, 6.45) is 9.49. The van der Waals surface area contributed by atoms with Crippen LogP contribution in [-0.4, -0.2) is 0 Å². The molecule has 0 aliphatic carbocycles. The molecule has 120 valence electrons. The molecule has 0 N–H and O–H groups in total. The number of benzene rings is 2. The summed E-state index contributed by atoms with van der Waals surface area (Å²) in [7, 11) is 0. The van der Waals surface area contributed by atoms with E-state index in [-0.39, 0.29) is 0 Å². The van der Waals surface area contributed by atoms with Gasteiger partial charge in [0.15, 0.2) is 0 Å². The van der Waals surface area contributed by atoms with Crippen molar-refractivity contribution >= 4 is 10.8 Å². The lowest BCUT2D eigenvalue weighted by molar-refractivity contribution is 0.536. The molecule has 0 saturated heterocycles. The van der Waals surface area contributed by atoms with Crippen LogP contribution in [0.3, 0.4) is 0 Å². The highest BCUT2D eigenvalue weighted by atomic mass is 14.2. The van der Waals surface area contributed by atoms with Crippen LogP contribution in [0.2, 0.25) is 0 Å². The zero-order chi connectivity index (χ0) is 15.9. The lowest BCUT2D eigenvalue weighted by Crippen LogP contribution is -2.02. The van der Waals surface area contributed by atoms with E-state index in [9.17, 15) is 0 Å². The van der Waals surface area contributed by atoms with Gasteiger partial charge in [-0.25, -0.2) is 0 Å². The van der Waals surface area contributed by atoms with Crippen LogP contribution in [0.5, 0.6) is 0 Å². The second-order valence-electron chi connectivity index (χ2n) is 6.83. The van der Waals surface area contributed by atoms with Crippen molar-refractivity contribution in [2.45, 2.75) is 78.6 Å². The summed E-state index contributed by atoms with van der Waals surface area (Å²) < 4.78 is 0. The van der Waals surface area contributed by atoms with E-state index in [0.29, 0.717) is 5.92 Å². The third-order valence-corrected chi connectivity index (χ3v) is 4.99. The second kappa shape index (κ2) is 8.36. The third-order valence-electron chi connectivity index (χ3n) is 4.99. The molecule has 0 nitrogen and oxygen atoms in total. The second-order valence-corrected chi connectivity index (χ2v) is 6.83. The number of hydrogen-bond acceptors (Lipinski definition) is 0. The van der Waals surface area contributed by atoms with Gasteiger partial charge in [0, 0.05) is 0 Å². The van der Waals surface area contributed by atoms with Crippen LogP contribution < -0.4 is 0 Å². The fraction of sp³-hybridized carbons (Fsp3) is 0.545. The molecule has 2 aromatic rings. The van der Waals surface area contributed by atoms with E-state index >= 15 is 0 Å². The smallest absolute Gasteiger partial charge is 0.0146 e. The first-order chi connectivity index (χ1) is 10.7. The Hall–Kier alpha value is -1.30. The average Bonchev–Trinajstić information content (AvgIpc) is 2.52. The number of unbranched alkanes of at least 4 members (excludes halogenated alkanes) is 4. The van der Waals surface area contributed by atoms with Gasteiger partial charge < -0.3 is 0 Å². The van der Waals surface area contributed by atoms with Crippen molar-refractivity contribution in [3.8, 4) is 0 Å². The lowest BCUT2D eigenvalue weighted by atomic mass is 9.84. The Labute approximate surface area is 136 Å². The first-order valence-electron chi connectivity index (χ1n) is 9.17. The van der Waals surface area contributed by atoms with Gasteiger partial charge in [-0.2, -0.15) is 0 Å². The lowest BCUT2D eigenvalue weighted by Gasteiger charge is -2.20. The van der Waals surface area contributed by atoms with Gasteiger partial charge in [-0.05, 0) is 54.5 Å². The Morgan fingerprint density at radius 2 is 1.64 bits per heavy atom. The van der Waals surface area contributed by atoms with Gasteiger partial charge in [-0.3, -0.25) is 0 Å². The van der Waals surface area contributed by atoms with Crippen LogP contribution in [0.15, 0.2) is 30.3 Å². The van der Waals surface area contributed by atoms with E-state index in [0.717, 1.165) is 0 Å². The Bertz CT molecular complexity index is 594. The van der Waals surface area contributed by atoms with Crippen molar-refractivity contribution in [1.82, 2.24) is 0 Å². The Balaban J connectivity index is 2.20. The molecule has 22 heavy (non-hydrogen) atoms. The minimum atomic E-state index is 0.716. The first-order valence-corrected chi connectivity index (χ1v) is 9.17. The zero-order valence-corrected chi connectivity index (χ0v) is 14.9. The van der Waals surface area contributed by atoms with Crippen LogP contribution in [0.1, 0.15) is 81.4 Å². The quantitative estimate of drug-likeness (QED) is 0.448. The predicted molar refractivity (Wildman–Crippen MR) is 99.8 cm³/mol. The van der Waals surface area contributed by atoms with Crippen LogP contribution in [0, 0.1) is 13.8 Å². The van der Waals surface area contributed by atoms with Crippen molar-refractivity contribution in [2.75, 3.05) is 0 Å². The zero-order valence-electron chi connectivity index (χ0n) is 14.9. The molecule has 0 amide bonds. The minimum absolute atomic E-state index is 0.716. The molecule has 0 heterocycles. The van der Waals surface area contributed by atoms with E-state index in [1.165, 1.54) is 66.8 Å². The van der Waals surface area contributed by atoms with Gasteiger partial charge in [0.05, 0.1) is 0 Å². The molecule has 0 saturated carbocycles. The van der Waals surface area contributed by atoms with Crippen molar-refractivity contribution in [2.24, 2.45) is 0 Å². The van der Waals surface area contributed by atoms with Crippen LogP contribution in [0.25, 0.3) is 10.8 Å². The van der Waals surface area contributed by atoms with E-state index in [4.69, 9.17) is 0 Å². The molecule has 0 heteroatoms. The summed E-state index contributed by atoms with van der Waals surface area (Å²) in [6, 6.07) is 11.5. The molecule has 0 fully saturated rings. The molecule has 2 rings (SSSR count). The van der Waals surface area contributed by atoms with Crippen LogP contribution >= 0.6 is 0 Å². The third kappa shape index (κ3) is 4.12. The van der Waals surface area contributed by atoms with Crippen LogP contribution in [-0.2, 0) is 0 Å². The number of fused-ring (bicyclic) bond motifs is 1. The molecule has 1 atom stereocenters. The van der Waals surface area contributed by atoms with E-state index < -0.39 is 0 Å². The molecular formula is C22H32. The highest BCUT2D eigenvalue weighted by molar-refractivity contribution is 5.87. The van der Waals surface area contributed by atoms with Gasteiger partial charge in [-0.15, -0.1) is 0 Å². The maximum atomic E-state index is 2.35. The summed E-state index contributed by atoms with van der Waals surface area (Å²) in [5.41, 5.74) is 4.43. The number of hydrogen-bond donors (Lipinski definition) is 0. The van der Waals surface area contributed by atoms with Gasteiger partial charge in [-0.1, -0.05) is 81.8 Å². The summed E-state index contributed by atoms with van der Waals surface area (Å²) in [4.78, 5) is 0. The maximum absolute atomic E-state index is 2.35. The molecule has 0 spiro atoms. The number of rotatable bonds is 8. The highest BCUT2D eigenvalue weighted by Crippen LogP contribution is 2.34. The van der Waals surface area contributed by atoms with Crippen molar-refractivity contribution < 1.29 is 0 Å². The summed E-state index contributed by atoms with van der Waals surface area (Å²) in [6.45, 7) is 9.11. The molecule has 2 aromatic carbocycles. The summed E-state index contributed by atoms with van der Waals surface area (Å²) in [5.74, 6) is 0.716. The predicted octanol–water partition coefficient (Wildman–Crippen LogP) is 7.31. The molecule has 0 radical (unpaired) electrons. The minimum Gasteiger partial charge on any atom is -0.0654 e. The van der Waals surface area contributed by atoms with E-state index in [1.807, 2.05) is 0 Å². The van der Waals surface area contributed by atoms with Crippen molar-refractivity contribution in [1.29, 1.82) is 0 Å². The van der Waals surface area contributed by atoms with Crippen molar-refractivity contribution in [3.05, 3.63) is 47.0 Å². The van der Waals surface area contributed by atoms with Gasteiger partial charge in [0.1, 0.15) is 0 Å². The molecule has 0 bridgehead atoms. The molecule has 0 aliphatic rings. The molecule has 0 aromatic heterocycles.